The molecule has 4 rings (SSSR count). The summed E-state index contributed by atoms with van der Waals surface area (Å²) < 4.78 is 23.8. The Labute approximate surface area is 255 Å². The Balaban J connectivity index is 1.66. The fourth-order valence-corrected chi connectivity index (χ4v) is 6.15. The molecule has 0 saturated carbocycles. The highest BCUT2D eigenvalue weighted by molar-refractivity contribution is 7.90. The lowest BCUT2D eigenvalue weighted by Gasteiger charge is -2.36. The molecule has 0 aliphatic carbocycles. The van der Waals surface area contributed by atoms with Crippen molar-refractivity contribution in [3.63, 3.8) is 0 Å². The molecule has 2 aromatic heterocycles. The van der Waals surface area contributed by atoms with E-state index in [0.29, 0.717) is 25.1 Å². The zero-order chi connectivity index (χ0) is 30.9. The van der Waals surface area contributed by atoms with Crippen molar-refractivity contribution in [2.45, 2.75) is 96.5 Å². The number of nitrogens with one attached hydrogen (secondary N) is 1. The quantitative estimate of drug-likeness (QED) is 0.110. The summed E-state index contributed by atoms with van der Waals surface area (Å²) >= 11 is -1.47. The van der Waals surface area contributed by atoms with Crippen LogP contribution in [0.1, 0.15) is 72.6 Å². The molecular weight excluding hydrogens is 561 g/mol. The zero-order valence-corrected chi connectivity index (χ0v) is 28.3. The van der Waals surface area contributed by atoms with E-state index in [1.165, 1.54) is 0 Å². The monoisotopic (exact) mass is 606 g/mol. The van der Waals surface area contributed by atoms with E-state index >= 15 is 0 Å². The molecule has 2 heterocycles. The lowest BCUT2D eigenvalue weighted by atomic mass is 10.0. The zero-order valence-electron chi connectivity index (χ0n) is 26.5. The molecule has 0 amide bonds. The minimum atomic E-state index is -1.87. The molecule has 0 aliphatic heterocycles. The molecule has 0 radical (unpaired) electrons. The summed E-state index contributed by atoms with van der Waals surface area (Å²) in [7, 11) is -1.87. The topological polar surface area (TPSA) is 95.3 Å². The number of nitrogens with zero attached hydrogens (tertiary/aromatic N) is 3. The largest absolute Gasteiger partial charge is 0.598 e. The maximum atomic E-state index is 12.9. The second-order valence-electron chi connectivity index (χ2n) is 13.6. The van der Waals surface area contributed by atoms with Gasteiger partial charge in [0.2, 0.25) is 0 Å². The summed E-state index contributed by atoms with van der Waals surface area (Å²) in [5, 5.41) is 17.5. The van der Waals surface area contributed by atoms with E-state index in [9.17, 15) is 9.66 Å². The number of fused-ring (bicyclic) bond motifs is 1. The van der Waals surface area contributed by atoms with Crippen LogP contribution in [-0.2, 0) is 28.1 Å². The van der Waals surface area contributed by atoms with Gasteiger partial charge in [-0.1, -0.05) is 64.4 Å². The van der Waals surface area contributed by atoms with Gasteiger partial charge in [-0.25, -0.2) is 9.67 Å². The molecule has 9 heteroatoms. The first kappa shape index (κ1) is 32.4. The van der Waals surface area contributed by atoms with Crippen molar-refractivity contribution in [3.8, 4) is 16.9 Å². The molecule has 2 atom stereocenters. The summed E-state index contributed by atoms with van der Waals surface area (Å²) in [5.41, 5.74) is 3.59. The van der Waals surface area contributed by atoms with Gasteiger partial charge in [-0.2, -0.15) is 5.10 Å². The lowest BCUT2D eigenvalue weighted by Crippen LogP contribution is -2.51. The van der Waals surface area contributed by atoms with Gasteiger partial charge in [-0.15, -0.1) is 4.72 Å². The molecule has 0 fully saturated rings. The minimum Gasteiger partial charge on any atom is -0.598 e. The van der Waals surface area contributed by atoms with Gasteiger partial charge in [0.05, 0.1) is 35.4 Å². The van der Waals surface area contributed by atoms with Crippen LogP contribution in [-0.4, -0.2) is 37.5 Å². The van der Waals surface area contributed by atoms with Gasteiger partial charge >= 0.3 is 0 Å². The van der Waals surface area contributed by atoms with Gasteiger partial charge in [0, 0.05) is 22.3 Å². The van der Waals surface area contributed by atoms with Gasteiger partial charge in [-0.05, 0) is 81.2 Å². The molecule has 2 aromatic carbocycles. The fourth-order valence-electron chi connectivity index (χ4n) is 4.37. The Kier molecular flexibility index (Phi) is 9.42. The summed E-state index contributed by atoms with van der Waals surface area (Å²) in [6.07, 6.45) is 2.95. The number of hydrogen-bond donors (Lipinski definition) is 2. The van der Waals surface area contributed by atoms with E-state index in [-0.39, 0.29) is 5.04 Å². The van der Waals surface area contributed by atoms with Crippen molar-refractivity contribution < 1.29 is 14.1 Å². The number of pyridine rings is 1. The van der Waals surface area contributed by atoms with Crippen molar-refractivity contribution in [1.29, 1.82) is 0 Å². The third-order valence-electron chi connectivity index (χ3n) is 8.03. The maximum absolute atomic E-state index is 12.9. The van der Waals surface area contributed by atoms with E-state index in [2.05, 4.69) is 62.9 Å². The van der Waals surface area contributed by atoms with E-state index in [1.54, 1.807) is 6.07 Å². The van der Waals surface area contributed by atoms with Gasteiger partial charge < -0.3 is 14.1 Å². The highest BCUT2D eigenvalue weighted by Gasteiger charge is 2.40. The van der Waals surface area contributed by atoms with E-state index in [0.717, 1.165) is 33.4 Å². The van der Waals surface area contributed by atoms with Crippen LogP contribution in [0.3, 0.4) is 0 Å². The summed E-state index contributed by atoms with van der Waals surface area (Å²) in [4.78, 5) is 4.85. The number of rotatable bonds is 10. The van der Waals surface area contributed by atoms with Crippen molar-refractivity contribution in [2.75, 3.05) is 0 Å². The molecule has 0 aliphatic rings. The number of hydrogen-bond acceptors (Lipinski definition) is 6. The summed E-state index contributed by atoms with van der Waals surface area (Å²) in [6, 6.07) is 20.1. The minimum absolute atomic E-state index is 0.149. The van der Waals surface area contributed by atoms with Gasteiger partial charge in [0.25, 0.3) is 0 Å². The van der Waals surface area contributed by atoms with Crippen LogP contribution in [0.5, 0.6) is 0 Å². The van der Waals surface area contributed by atoms with Crippen LogP contribution in [0.25, 0.3) is 27.8 Å². The van der Waals surface area contributed by atoms with E-state index in [4.69, 9.17) is 14.5 Å². The van der Waals surface area contributed by atoms with Crippen LogP contribution < -0.4 is 4.72 Å². The smallest absolute Gasteiger partial charge is 0.200 e. The molecule has 1 unspecified atom stereocenters. The Morgan fingerprint density at radius 2 is 1.71 bits per heavy atom. The first-order valence-corrected chi connectivity index (χ1v) is 18.7. The van der Waals surface area contributed by atoms with Crippen molar-refractivity contribution in [1.82, 2.24) is 19.5 Å². The van der Waals surface area contributed by atoms with Crippen molar-refractivity contribution in [2.24, 2.45) is 0 Å². The standard InChI is InChI=1S/C33H46N4O3SSi/c1-10-19-33(38,36-41(39)31(2,3)4)30-16-12-15-28(35-30)25-17-18-26-22-34-37(29(26)21-25)27-14-11-13-24(20-27)23-40-42(8,9)32(5,6)7/h11-18,20-22,36,38H,10,19,23H2,1-9H3/t33?,41-/m1/s1. The molecule has 0 saturated heterocycles. The van der Waals surface area contributed by atoms with Crippen molar-refractivity contribution in [3.05, 3.63) is 78.1 Å². The molecule has 7 nitrogen and oxygen atoms in total. The molecule has 226 valence electrons. The van der Waals surface area contributed by atoms with E-state index in [1.807, 2.05) is 68.9 Å². The SMILES string of the molecule is CCCC(O)(N[S@+]([O-])C(C)(C)C)c1cccc(-c2ccc3cnn(-c4cccc(CO[Si](C)(C)C(C)(C)C)c4)c3c2)n1. The predicted octanol–water partition coefficient (Wildman–Crippen LogP) is 7.61. The van der Waals surface area contributed by atoms with Crippen LogP contribution in [0, 0.1) is 0 Å². The Morgan fingerprint density at radius 3 is 2.38 bits per heavy atom. The first-order valence-electron chi connectivity index (χ1n) is 14.7. The maximum Gasteiger partial charge on any atom is 0.200 e. The Hall–Kier alpha value is -2.53. The van der Waals surface area contributed by atoms with Gasteiger partial charge in [-0.3, -0.25) is 0 Å². The van der Waals surface area contributed by atoms with Crippen LogP contribution in [0.15, 0.2) is 66.9 Å². The molecule has 42 heavy (non-hydrogen) atoms. The Morgan fingerprint density at radius 1 is 1.00 bits per heavy atom. The molecule has 4 aromatic rings. The van der Waals surface area contributed by atoms with Gasteiger partial charge in [0.1, 0.15) is 4.75 Å². The second-order valence-corrected chi connectivity index (χ2v) is 20.3. The normalized spacial score (nSPS) is 15.1. The first-order chi connectivity index (χ1) is 19.5. The third kappa shape index (κ3) is 7.15. The molecule has 0 spiro atoms. The van der Waals surface area contributed by atoms with Gasteiger partial charge in [0.15, 0.2) is 14.0 Å². The highest BCUT2D eigenvalue weighted by atomic mass is 32.2. The second kappa shape index (κ2) is 12.2. The predicted molar refractivity (Wildman–Crippen MR) is 176 cm³/mol. The average Bonchev–Trinajstić information content (AvgIpc) is 3.34. The van der Waals surface area contributed by atoms with Crippen LogP contribution >= 0.6 is 0 Å². The average molecular weight is 607 g/mol. The Bertz CT molecular complexity index is 1530. The molecular formula is C33H46N4O3SSi. The van der Waals surface area contributed by atoms with Crippen molar-refractivity contribution >= 4 is 30.6 Å². The number of benzene rings is 2. The summed E-state index contributed by atoms with van der Waals surface area (Å²) in [6.45, 7) is 19.5. The lowest BCUT2D eigenvalue weighted by molar-refractivity contribution is 0.0101. The number of aliphatic hydroxyl groups is 1. The third-order valence-corrected chi connectivity index (χ3v) is 14.1. The van der Waals surface area contributed by atoms with Crippen LogP contribution in [0.4, 0.5) is 0 Å². The highest BCUT2D eigenvalue weighted by Crippen LogP contribution is 2.37. The summed E-state index contributed by atoms with van der Waals surface area (Å²) in [5.74, 6) is 0. The van der Waals surface area contributed by atoms with E-state index < -0.39 is 30.2 Å². The number of aromatic nitrogens is 3. The fraction of sp³-hybridized carbons (Fsp3) is 0.455. The van der Waals surface area contributed by atoms with Crippen LogP contribution in [0.2, 0.25) is 18.1 Å². The molecule has 0 bridgehead atoms. The molecule has 2 N–H and O–H groups in total.